The van der Waals surface area contributed by atoms with Gasteiger partial charge >= 0.3 is 0 Å². The van der Waals surface area contributed by atoms with E-state index in [1.54, 1.807) is 11.5 Å². The third kappa shape index (κ3) is 2.96. The lowest BCUT2D eigenvalue weighted by Gasteiger charge is -2.27. The highest BCUT2D eigenvalue weighted by Crippen LogP contribution is 2.49. The van der Waals surface area contributed by atoms with Crippen molar-refractivity contribution in [2.45, 2.75) is 33.6 Å². The van der Waals surface area contributed by atoms with Gasteiger partial charge in [0.25, 0.3) is 0 Å². The van der Waals surface area contributed by atoms with Gasteiger partial charge < -0.3 is 0 Å². The van der Waals surface area contributed by atoms with Crippen molar-refractivity contribution in [2.24, 2.45) is 0 Å². The van der Waals surface area contributed by atoms with E-state index in [1.807, 2.05) is 13.8 Å². The minimum Gasteiger partial charge on any atom is -0.244 e. The van der Waals surface area contributed by atoms with Gasteiger partial charge in [-0.3, -0.25) is 0 Å². The van der Waals surface area contributed by atoms with E-state index >= 15 is 0 Å². The van der Waals surface area contributed by atoms with Gasteiger partial charge in [-0.25, -0.2) is 10.0 Å². The molecular formula is C9H22S. The fraction of sp³-hybridized carbons (Fsp3) is 1.00. The summed E-state index contributed by atoms with van der Waals surface area (Å²) in [6.45, 7) is 6.35. The van der Waals surface area contributed by atoms with Gasteiger partial charge in [0.05, 0.1) is 0 Å². The lowest BCUT2D eigenvalue weighted by atomic mass is 10.4. The molecule has 0 amide bonds. The van der Waals surface area contributed by atoms with Gasteiger partial charge in [-0.15, -0.1) is 0 Å². The van der Waals surface area contributed by atoms with Crippen molar-refractivity contribution in [3.8, 4) is 0 Å². The summed E-state index contributed by atoms with van der Waals surface area (Å²) in [5.41, 5.74) is 0. The van der Waals surface area contributed by atoms with Crippen molar-refractivity contribution < 1.29 is 0 Å². The Morgan fingerprint density at radius 1 is 1.10 bits per heavy atom. The topological polar surface area (TPSA) is 0 Å². The third-order valence-electron chi connectivity index (χ3n) is 2.22. The standard InChI is InChI=1S/C7H16S.C2H6/c1-3-8(2)6-4-5-7-8;1-2/h3-7H2,1-2H3;1-2H3. The lowest BCUT2D eigenvalue weighted by Crippen LogP contribution is -2.00. The quantitative estimate of drug-likeness (QED) is 0.555. The van der Waals surface area contributed by atoms with Crippen LogP contribution in [0.4, 0.5) is 0 Å². The average molecular weight is 162 g/mol. The van der Waals surface area contributed by atoms with Crippen LogP contribution in [-0.4, -0.2) is 23.5 Å². The van der Waals surface area contributed by atoms with Crippen LogP contribution in [0, 0.1) is 0 Å². The molecule has 1 fully saturated rings. The van der Waals surface area contributed by atoms with Gasteiger partial charge in [0.15, 0.2) is 0 Å². The summed E-state index contributed by atoms with van der Waals surface area (Å²) >= 11 is 0. The van der Waals surface area contributed by atoms with Gasteiger partial charge in [0.2, 0.25) is 0 Å². The van der Waals surface area contributed by atoms with Crippen molar-refractivity contribution in [3.63, 3.8) is 0 Å². The van der Waals surface area contributed by atoms with E-state index in [1.165, 1.54) is 18.6 Å². The van der Waals surface area contributed by atoms with Crippen LogP contribution in [0.15, 0.2) is 0 Å². The molecule has 0 N–H and O–H groups in total. The Bertz CT molecular complexity index is 72.8. The van der Waals surface area contributed by atoms with Gasteiger partial charge in [0, 0.05) is 0 Å². The van der Waals surface area contributed by atoms with E-state index in [0.717, 1.165) is 0 Å². The van der Waals surface area contributed by atoms with E-state index < -0.39 is 0 Å². The summed E-state index contributed by atoms with van der Waals surface area (Å²) in [4.78, 5) is 0. The normalized spacial score (nSPS) is 24.8. The second-order valence-electron chi connectivity index (χ2n) is 2.88. The fourth-order valence-corrected chi connectivity index (χ4v) is 3.88. The molecule has 0 bridgehead atoms. The summed E-state index contributed by atoms with van der Waals surface area (Å²) < 4.78 is 0. The van der Waals surface area contributed by atoms with Crippen LogP contribution in [0.1, 0.15) is 33.6 Å². The molecule has 0 aliphatic carbocycles. The molecule has 0 aromatic rings. The first-order chi connectivity index (χ1) is 4.77. The Kier molecular flexibility index (Phi) is 5.24. The number of rotatable bonds is 1. The van der Waals surface area contributed by atoms with Gasteiger partial charge in [-0.2, -0.15) is 0 Å². The first kappa shape index (κ1) is 10.3. The molecule has 1 heteroatoms. The molecule has 0 nitrogen and oxygen atoms in total. The molecule has 0 saturated carbocycles. The van der Waals surface area contributed by atoms with E-state index in [-0.39, 0.29) is 10.0 Å². The molecule has 0 atom stereocenters. The Hall–Kier alpha value is 0.350. The van der Waals surface area contributed by atoms with Crippen molar-refractivity contribution >= 4 is 10.0 Å². The van der Waals surface area contributed by atoms with Crippen LogP contribution in [0.2, 0.25) is 0 Å². The van der Waals surface area contributed by atoms with Crippen molar-refractivity contribution in [3.05, 3.63) is 0 Å². The van der Waals surface area contributed by atoms with E-state index in [0.29, 0.717) is 0 Å². The number of hydrogen-bond acceptors (Lipinski definition) is 0. The lowest BCUT2D eigenvalue weighted by molar-refractivity contribution is 0.949. The van der Waals surface area contributed by atoms with Gasteiger partial charge in [-0.05, 0) is 36.4 Å². The second-order valence-corrected chi connectivity index (χ2v) is 7.23. The SMILES string of the molecule is CC.CCS1(C)CCCC1. The summed E-state index contributed by atoms with van der Waals surface area (Å²) in [7, 11) is -0.0417. The number of hydrogen-bond donors (Lipinski definition) is 0. The molecule has 64 valence electrons. The molecule has 1 heterocycles. The molecule has 10 heavy (non-hydrogen) atoms. The minimum absolute atomic E-state index is 0.0417. The maximum Gasteiger partial charge on any atom is -0.0230 e. The Morgan fingerprint density at radius 2 is 1.50 bits per heavy atom. The Morgan fingerprint density at radius 3 is 1.70 bits per heavy atom. The summed E-state index contributed by atoms with van der Waals surface area (Å²) in [6.07, 6.45) is 5.53. The zero-order chi connectivity index (χ0) is 8.04. The predicted molar refractivity (Wildman–Crippen MR) is 54.4 cm³/mol. The molecule has 1 aliphatic heterocycles. The van der Waals surface area contributed by atoms with Gasteiger partial charge in [0.1, 0.15) is 0 Å². The predicted octanol–water partition coefficient (Wildman–Crippen LogP) is 3.26. The maximum atomic E-state index is 2.50. The Balaban J connectivity index is 0.000000371. The minimum atomic E-state index is -0.0417. The van der Waals surface area contributed by atoms with Gasteiger partial charge in [-0.1, -0.05) is 20.8 Å². The third-order valence-corrected chi connectivity index (χ3v) is 6.16. The second kappa shape index (κ2) is 5.06. The van der Waals surface area contributed by atoms with Crippen LogP contribution in [-0.2, 0) is 0 Å². The first-order valence-corrected chi connectivity index (χ1v) is 7.03. The smallest absolute Gasteiger partial charge is 0.0230 e. The van der Waals surface area contributed by atoms with Crippen molar-refractivity contribution in [2.75, 3.05) is 23.5 Å². The monoisotopic (exact) mass is 162 g/mol. The molecule has 1 saturated heterocycles. The molecule has 1 aliphatic rings. The van der Waals surface area contributed by atoms with Crippen molar-refractivity contribution in [1.82, 2.24) is 0 Å². The Labute approximate surface area is 67.7 Å². The molecule has 0 spiro atoms. The zero-order valence-electron chi connectivity index (χ0n) is 7.94. The first-order valence-electron chi connectivity index (χ1n) is 4.48. The van der Waals surface area contributed by atoms with Crippen LogP contribution >= 0.6 is 10.0 Å². The van der Waals surface area contributed by atoms with Crippen LogP contribution in [0.25, 0.3) is 0 Å². The maximum absolute atomic E-state index is 2.50. The summed E-state index contributed by atoms with van der Waals surface area (Å²) in [6, 6.07) is 0. The van der Waals surface area contributed by atoms with Crippen LogP contribution < -0.4 is 0 Å². The molecule has 1 rings (SSSR count). The average Bonchev–Trinajstić information content (AvgIpc) is 2.42. The van der Waals surface area contributed by atoms with Crippen LogP contribution in [0.5, 0.6) is 0 Å². The van der Waals surface area contributed by atoms with Crippen molar-refractivity contribution in [1.29, 1.82) is 0 Å². The highest BCUT2D eigenvalue weighted by atomic mass is 32.3. The van der Waals surface area contributed by atoms with E-state index in [9.17, 15) is 0 Å². The molecule has 0 aromatic heterocycles. The van der Waals surface area contributed by atoms with E-state index in [4.69, 9.17) is 0 Å². The summed E-state index contributed by atoms with van der Waals surface area (Å²) in [5, 5.41) is 0. The zero-order valence-corrected chi connectivity index (χ0v) is 8.76. The van der Waals surface area contributed by atoms with Crippen LogP contribution in [0.3, 0.4) is 0 Å². The fourth-order valence-electron chi connectivity index (χ4n) is 1.29. The highest BCUT2D eigenvalue weighted by molar-refractivity contribution is 8.33. The van der Waals surface area contributed by atoms with E-state index in [2.05, 4.69) is 13.2 Å². The summed E-state index contributed by atoms with van der Waals surface area (Å²) in [5.74, 6) is 4.58. The highest BCUT2D eigenvalue weighted by Gasteiger charge is 2.20. The molecule has 0 radical (unpaired) electrons. The molecule has 0 unspecified atom stereocenters. The molecule has 0 aromatic carbocycles. The molecular weight excluding hydrogens is 140 g/mol. The largest absolute Gasteiger partial charge is 0.244 e.